The summed E-state index contributed by atoms with van der Waals surface area (Å²) in [6.45, 7) is 3.57. The van der Waals surface area contributed by atoms with Crippen molar-refractivity contribution in [3.8, 4) is 44.6 Å². The van der Waals surface area contributed by atoms with Crippen molar-refractivity contribution in [3.63, 3.8) is 0 Å². The van der Waals surface area contributed by atoms with Crippen molar-refractivity contribution in [2.24, 2.45) is 11.8 Å². The predicted molar refractivity (Wildman–Crippen MR) is 382 cm³/mol. The third kappa shape index (κ3) is 22.2. The molecule has 8 aromatic rings. The van der Waals surface area contributed by atoms with E-state index in [2.05, 4.69) is 14.4 Å². The predicted octanol–water partition coefficient (Wildman–Crippen LogP) is 15.5. The Balaban J connectivity index is 0.000000158. The molecular formula is C75H81Cl2F6N3O12S4. The van der Waals surface area contributed by atoms with Crippen LogP contribution in [0.4, 0.5) is 26.3 Å². The Morgan fingerprint density at radius 3 is 1.00 bits per heavy atom. The topological polar surface area (TPSA) is 254 Å². The van der Waals surface area contributed by atoms with Crippen LogP contribution in [0.2, 0.25) is 10.0 Å². The molecule has 0 unspecified atom stereocenters. The summed E-state index contributed by atoms with van der Waals surface area (Å²) < 4.78 is 186. The second-order valence-electron chi connectivity index (χ2n) is 27.2. The van der Waals surface area contributed by atoms with Crippen molar-refractivity contribution in [1.82, 2.24) is 14.4 Å². The second-order valence-corrected chi connectivity index (χ2v) is 35.5. The molecule has 0 radical (unpaired) electrons. The first kappa shape index (κ1) is 79.5. The summed E-state index contributed by atoms with van der Waals surface area (Å²) in [5, 5.41) is 39.8. The zero-order valence-corrected chi connectivity index (χ0v) is 60.7. The highest BCUT2D eigenvalue weighted by Gasteiger charge is 2.34. The number of sulfonamides is 2. The summed E-state index contributed by atoms with van der Waals surface area (Å²) in [4.78, 5) is 4.85. The van der Waals surface area contributed by atoms with Crippen LogP contribution < -0.4 is 9.44 Å². The fourth-order valence-electron chi connectivity index (χ4n) is 12.8. The Bertz CT molecular complexity index is 4350. The molecule has 0 saturated heterocycles. The molecule has 0 bridgehead atoms. The molecule has 7 aromatic carbocycles. The number of pyridine rings is 1. The zero-order valence-electron chi connectivity index (χ0n) is 55.9. The van der Waals surface area contributed by atoms with Crippen LogP contribution in [0.1, 0.15) is 117 Å². The number of nitrogens with one attached hydrogen (secondary N) is 2. The van der Waals surface area contributed by atoms with Gasteiger partial charge in [0.25, 0.3) is 0 Å². The van der Waals surface area contributed by atoms with Crippen LogP contribution in [0.5, 0.6) is 0 Å². The molecule has 102 heavy (non-hydrogen) atoms. The standard InChI is InChI=1S/2C20H22F2O3S.C18H19F2NO3S.C17H18Cl2N2O3S/c2*1-20(23)10-8-14(9-11-20)13-26(24,25)17-5-2-15(3-6-17)18-7-4-16(21)12-19(18)22;19-13-3-10-17(18(20)11-13)12-1-8-16(9-2-12)25(23,24)21-14-4-6-15(22)7-5-14;18-12-9-16(19)17(20-10-12)11-1-7-15(8-2-11)25(23,24)21-13-3-5-14(22)6-4-13/h2*2-7,12,14,23H,8-11,13H2,1H3;1-3,8-11,14-15,21-22H,4-7H2;1-2,7-10,13-14,21-22H,3-6H2. The summed E-state index contributed by atoms with van der Waals surface area (Å²) in [7, 11) is -14.2. The minimum Gasteiger partial charge on any atom is -0.393 e. The van der Waals surface area contributed by atoms with E-state index in [4.69, 9.17) is 23.2 Å². The molecule has 4 saturated carbocycles. The van der Waals surface area contributed by atoms with Crippen LogP contribution in [0.25, 0.3) is 44.6 Å². The maximum absolute atomic E-state index is 13.9. The largest absolute Gasteiger partial charge is 0.393 e. The monoisotopic (exact) mass is 1530 g/mol. The molecule has 0 atom stereocenters. The molecule has 12 rings (SSSR count). The van der Waals surface area contributed by atoms with E-state index in [1.165, 1.54) is 121 Å². The lowest BCUT2D eigenvalue weighted by atomic mass is 9.81. The van der Waals surface area contributed by atoms with Gasteiger partial charge in [0.05, 0.1) is 70.2 Å². The van der Waals surface area contributed by atoms with Gasteiger partial charge in [0, 0.05) is 58.7 Å². The van der Waals surface area contributed by atoms with Gasteiger partial charge < -0.3 is 20.4 Å². The van der Waals surface area contributed by atoms with E-state index in [1.807, 2.05) is 0 Å². The van der Waals surface area contributed by atoms with Crippen LogP contribution in [-0.4, -0.2) is 106 Å². The van der Waals surface area contributed by atoms with Crippen molar-refractivity contribution in [2.45, 2.75) is 172 Å². The van der Waals surface area contributed by atoms with E-state index in [-0.39, 0.29) is 83.9 Å². The molecule has 1 aromatic heterocycles. The molecule has 0 aliphatic heterocycles. The van der Waals surface area contributed by atoms with E-state index >= 15 is 0 Å². The van der Waals surface area contributed by atoms with Gasteiger partial charge in [0.2, 0.25) is 20.0 Å². The summed E-state index contributed by atoms with van der Waals surface area (Å²) in [5.74, 6) is -3.88. The van der Waals surface area contributed by atoms with Crippen LogP contribution in [0.15, 0.2) is 184 Å². The van der Waals surface area contributed by atoms with Gasteiger partial charge in [0.15, 0.2) is 19.7 Å². The van der Waals surface area contributed by atoms with Gasteiger partial charge in [-0.1, -0.05) is 71.7 Å². The molecule has 6 N–H and O–H groups in total. The van der Waals surface area contributed by atoms with E-state index < -0.39 is 85.8 Å². The summed E-state index contributed by atoms with van der Waals surface area (Å²) >= 11 is 12.0. The molecule has 4 fully saturated rings. The number of hydrogen-bond acceptors (Lipinski definition) is 13. The second kappa shape index (κ2) is 34.1. The minimum atomic E-state index is -3.68. The number of aliphatic hydroxyl groups is 4. The number of aromatic nitrogens is 1. The Kier molecular flexibility index (Phi) is 26.6. The first-order valence-corrected chi connectivity index (χ1v) is 40.4. The van der Waals surface area contributed by atoms with E-state index in [0.29, 0.717) is 141 Å². The normalized spacial score (nSPS) is 22.5. The van der Waals surface area contributed by atoms with Gasteiger partial charge in [-0.25, -0.2) is 69.5 Å². The number of rotatable bonds is 16. The highest BCUT2D eigenvalue weighted by Crippen LogP contribution is 2.37. The first-order chi connectivity index (χ1) is 48.0. The Morgan fingerprint density at radius 1 is 0.412 bits per heavy atom. The number of halogens is 8. The fraction of sp³-hybridized carbons (Fsp3) is 0.373. The van der Waals surface area contributed by atoms with Gasteiger partial charge >= 0.3 is 0 Å². The smallest absolute Gasteiger partial charge is 0.240 e. The van der Waals surface area contributed by atoms with Crippen molar-refractivity contribution >= 4 is 62.9 Å². The Hall–Kier alpha value is -6.59. The van der Waals surface area contributed by atoms with Gasteiger partial charge in [0.1, 0.15) is 34.9 Å². The van der Waals surface area contributed by atoms with Crippen LogP contribution in [0, 0.1) is 46.7 Å². The third-order valence-electron chi connectivity index (χ3n) is 18.9. The summed E-state index contributed by atoms with van der Waals surface area (Å²) in [6.07, 6.45) is 10.9. The number of hydrogen-bond donors (Lipinski definition) is 6. The number of nitrogens with zero attached hydrogens (tertiary/aromatic N) is 1. The molecule has 0 amide bonds. The van der Waals surface area contributed by atoms with E-state index in [9.17, 15) is 80.4 Å². The summed E-state index contributed by atoms with van der Waals surface area (Å²) in [5.41, 5.74) is 1.99. The highest BCUT2D eigenvalue weighted by atomic mass is 35.5. The molecule has 1 heterocycles. The lowest BCUT2D eigenvalue weighted by molar-refractivity contribution is 0.0104. The quantitative estimate of drug-likeness (QED) is 0.0493. The molecule has 4 aliphatic rings. The lowest BCUT2D eigenvalue weighted by Gasteiger charge is -2.32. The fourth-order valence-corrected chi connectivity index (χ4v) is 19.3. The van der Waals surface area contributed by atoms with Crippen LogP contribution >= 0.6 is 23.2 Å². The highest BCUT2D eigenvalue weighted by molar-refractivity contribution is 7.91. The molecule has 0 spiro atoms. The maximum atomic E-state index is 13.9. The van der Waals surface area contributed by atoms with Crippen molar-refractivity contribution < 1.29 is 80.4 Å². The van der Waals surface area contributed by atoms with Crippen molar-refractivity contribution in [2.75, 3.05) is 11.5 Å². The van der Waals surface area contributed by atoms with Gasteiger partial charge in [-0.05, 0) is 236 Å². The average molecular weight is 1530 g/mol. The molecule has 27 heteroatoms. The summed E-state index contributed by atoms with van der Waals surface area (Å²) in [6, 6.07) is 35.3. The van der Waals surface area contributed by atoms with Gasteiger partial charge in [-0.3, -0.25) is 4.98 Å². The maximum Gasteiger partial charge on any atom is 0.240 e. The molecule has 4 aliphatic carbocycles. The lowest BCUT2D eigenvalue weighted by Crippen LogP contribution is -2.38. The number of aliphatic hydroxyl groups excluding tert-OH is 2. The van der Waals surface area contributed by atoms with E-state index in [1.54, 1.807) is 32.0 Å². The molecular weight excluding hydrogens is 1450 g/mol. The molecule has 15 nitrogen and oxygen atoms in total. The van der Waals surface area contributed by atoms with Gasteiger partial charge in [-0.2, -0.15) is 0 Å². The zero-order chi connectivity index (χ0) is 74.0. The van der Waals surface area contributed by atoms with Gasteiger partial charge in [-0.15, -0.1) is 0 Å². The SMILES string of the molecule is CC1(O)CCC(CS(=O)(=O)c2ccc(-c3ccc(F)cc3F)cc2)CC1.CC1(O)CCC(CS(=O)(=O)c2ccc(-c3ccc(F)cc3F)cc2)CC1.O=S(=O)(NC1CCC(O)CC1)c1ccc(-c2ccc(F)cc2F)cc1.O=S(=O)(NC1CCC(O)CC1)c1ccc(-c2ncc(Cl)cc2Cl)cc1. The van der Waals surface area contributed by atoms with Crippen LogP contribution in [-0.2, 0) is 39.7 Å². The number of sulfone groups is 2. The first-order valence-electron chi connectivity index (χ1n) is 33.4. The average Bonchev–Trinajstić information content (AvgIpc) is 0.822. The Labute approximate surface area is 602 Å². The molecule has 548 valence electrons. The Morgan fingerprint density at radius 2 is 0.706 bits per heavy atom. The van der Waals surface area contributed by atoms with E-state index in [0.717, 1.165) is 24.3 Å². The third-order valence-corrected chi connectivity index (χ3v) is 26.2. The minimum absolute atomic E-state index is 0.0365. The van der Waals surface area contributed by atoms with Crippen molar-refractivity contribution in [3.05, 3.63) is 209 Å². The number of benzene rings is 7. The van der Waals surface area contributed by atoms with Crippen molar-refractivity contribution in [1.29, 1.82) is 0 Å². The van der Waals surface area contributed by atoms with Crippen LogP contribution in [0.3, 0.4) is 0 Å².